The quantitative estimate of drug-likeness (QED) is 0.647. The van der Waals surface area contributed by atoms with Crippen molar-refractivity contribution in [1.29, 1.82) is 0 Å². The van der Waals surface area contributed by atoms with Crippen LogP contribution in [0.5, 0.6) is 0 Å². The van der Waals surface area contributed by atoms with Gasteiger partial charge in [-0.15, -0.1) is 0 Å². The summed E-state index contributed by atoms with van der Waals surface area (Å²) in [4.78, 5) is 14.8. The van der Waals surface area contributed by atoms with Gasteiger partial charge in [-0.3, -0.25) is 0 Å². The van der Waals surface area contributed by atoms with Crippen LogP contribution in [0.2, 0.25) is 0 Å². The zero-order chi connectivity index (χ0) is 10.6. The third kappa shape index (κ3) is 5.50. The average molecular weight is 186 g/mol. The van der Waals surface area contributed by atoms with Gasteiger partial charge in [0.05, 0.1) is 0 Å². The van der Waals surface area contributed by atoms with E-state index in [-0.39, 0.29) is 6.03 Å². The summed E-state index contributed by atoms with van der Waals surface area (Å²) in [7, 11) is 5.39. The summed E-state index contributed by atoms with van der Waals surface area (Å²) >= 11 is 0. The number of carbonyl (C=O) groups excluding carboxylic acids is 1. The topological polar surface area (TPSA) is 23.6 Å². The molecule has 78 valence electrons. The predicted molar refractivity (Wildman–Crippen MR) is 55.8 cm³/mol. The minimum absolute atomic E-state index is 0.0734. The molecule has 0 radical (unpaired) electrons. The lowest BCUT2D eigenvalue weighted by Gasteiger charge is -2.25. The molecule has 0 atom stereocenters. The van der Waals surface area contributed by atoms with Gasteiger partial charge in [-0.2, -0.15) is 0 Å². The van der Waals surface area contributed by atoms with Crippen LogP contribution in [0.1, 0.15) is 27.2 Å². The van der Waals surface area contributed by atoms with Crippen molar-refractivity contribution in [3.05, 3.63) is 0 Å². The lowest BCUT2D eigenvalue weighted by atomic mass is 9.92. The Kier molecular flexibility index (Phi) is 4.24. The Morgan fingerprint density at radius 3 is 1.92 bits per heavy atom. The van der Waals surface area contributed by atoms with E-state index in [1.807, 2.05) is 7.05 Å². The zero-order valence-corrected chi connectivity index (χ0v) is 9.72. The summed E-state index contributed by atoms with van der Waals surface area (Å²) < 4.78 is 0. The Bertz CT molecular complexity index is 170. The van der Waals surface area contributed by atoms with Crippen LogP contribution in [0, 0.1) is 5.41 Å². The highest BCUT2D eigenvalue weighted by molar-refractivity contribution is 5.73. The molecule has 2 amide bonds. The molecule has 0 N–H and O–H groups in total. The Morgan fingerprint density at radius 2 is 1.62 bits per heavy atom. The van der Waals surface area contributed by atoms with Gasteiger partial charge in [-0.25, -0.2) is 4.79 Å². The highest BCUT2D eigenvalue weighted by Gasteiger charge is 2.15. The fourth-order valence-corrected chi connectivity index (χ4v) is 0.940. The molecule has 0 aliphatic rings. The Balaban J connectivity index is 3.88. The van der Waals surface area contributed by atoms with E-state index in [4.69, 9.17) is 0 Å². The van der Waals surface area contributed by atoms with Gasteiger partial charge in [-0.1, -0.05) is 20.8 Å². The first kappa shape index (κ1) is 12.3. The minimum Gasteiger partial charge on any atom is -0.331 e. The van der Waals surface area contributed by atoms with Crippen LogP contribution in [0.25, 0.3) is 0 Å². The molecule has 0 aromatic carbocycles. The minimum atomic E-state index is 0.0734. The summed E-state index contributed by atoms with van der Waals surface area (Å²) in [6, 6.07) is 0.0734. The van der Waals surface area contributed by atoms with Gasteiger partial charge in [0.25, 0.3) is 0 Å². The number of hydrogen-bond donors (Lipinski definition) is 0. The van der Waals surface area contributed by atoms with Crippen LogP contribution in [0.15, 0.2) is 0 Å². The number of nitrogens with zero attached hydrogens (tertiary/aromatic N) is 2. The zero-order valence-electron chi connectivity index (χ0n) is 9.72. The molecule has 0 spiro atoms. The summed E-state index contributed by atoms with van der Waals surface area (Å²) in [5.74, 6) is 0. The number of hydrogen-bond acceptors (Lipinski definition) is 1. The van der Waals surface area contributed by atoms with Crippen molar-refractivity contribution in [2.75, 3.05) is 27.7 Å². The standard InChI is InChI=1S/C10H22N2O/c1-10(2,3)7-8-12(6)9(13)11(4)5/h7-8H2,1-6H3. The molecule has 0 aliphatic carbocycles. The number of carbonyl (C=O) groups is 1. The van der Waals surface area contributed by atoms with Crippen LogP contribution in [0.3, 0.4) is 0 Å². The normalized spacial score (nSPS) is 11.2. The summed E-state index contributed by atoms with van der Waals surface area (Å²) in [5.41, 5.74) is 0.293. The molecule has 0 rings (SSSR count). The van der Waals surface area contributed by atoms with Gasteiger partial charge in [0.15, 0.2) is 0 Å². The maximum absolute atomic E-state index is 11.4. The largest absolute Gasteiger partial charge is 0.331 e. The second kappa shape index (κ2) is 4.49. The molecule has 0 bridgehead atoms. The van der Waals surface area contributed by atoms with Gasteiger partial charge in [-0.05, 0) is 11.8 Å². The van der Waals surface area contributed by atoms with Crippen molar-refractivity contribution in [3.63, 3.8) is 0 Å². The van der Waals surface area contributed by atoms with E-state index in [0.29, 0.717) is 5.41 Å². The third-order valence-electron chi connectivity index (χ3n) is 1.91. The van der Waals surface area contributed by atoms with E-state index in [2.05, 4.69) is 20.8 Å². The van der Waals surface area contributed by atoms with Gasteiger partial charge >= 0.3 is 6.03 Å². The Labute approximate surface area is 81.7 Å². The third-order valence-corrected chi connectivity index (χ3v) is 1.91. The highest BCUT2D eigenvalue weighted by Crippen LogP contribution is 2.18. The van der Waals surface area contributed by atoms with Crippen LogP contribution in [-0.2, 0) is 0 Å². The van der Waals surface area contributed by atoms with Crippen molar-refractivity contribution < 1.29 is 4.79 Å². The van der Waals surface area contributed by atoms with E-state index in [1.54, 1.807) is 23.9 Å². The van der Waals surface area contributed by atoms with Crippen LogP contribution < -0.4 is 0 Å². The maximum Gasteiger partial charge on any atom is 0.319 e. The first-order valence-corrected chi connectivity index (χ1v) is 4.66. The lowest BCUT2D eigenvalue weighted by molar-refractivity contribution is 0.175. The summed E-state index contributed by atoms with van der Waals surface area (Å²) in [6.45, 7) is 7.36. The molecule has 3 heteroatoms. The Morgan fingerprint density at radius 1 is 1.15 bits per heavy atom. The van der Waals surface area contributed by atoms with Crippen molar-refractivity contribution in [1.82, 2.24) is 9.80 Å². The first-order valence-electron chi connectivity index (χ1n) is 4.66. The van der Waals surface area contributed by atoms with Gasteiger partial charge in [0.2, 0.25) is 0 Å². The number of amides is 2. The van der Waals surface area contributed by atoms with Crippen molar-refractivity contribution in [3.8, 4) is 0 Å². The predicted octanol–water partition coefficient (Wildman–Crippen LogP) is 2.04. The SMILES string of the molecule is CN(C)C(=O)N(C)CCC(C)(C)C. The molecule has 0 heterocycles. The van der Waals surface area contributed by atoms with E-state index in [9.17, 15) is 4.79 Å². The van der Waals surface area contributed by atoms with Crippen molar-refractivity contribution in [2.24, 2.45) is 5.41 Å². The van der Waals surface area contributed by atoms with Gasteiger partial charge in [0, 0.05) is 27.7 Å². The van der Waals surface area contributed by atoms with Crippen LogP contribution in [0.4, 0.5) is 4.79 Å². The van der Waals surface area contributed by atoms with E-state index in [1.165, 1.54) is 0 Å². The molecule has 3 nitrogen and oxygen atoms in total. The monoisotopic (exact) mass is 186 g/mol. The van der Waals surface area contributed by atoms with Crippen LogP contribution in [-0.4, -0.2) is 43.5 Å². The Hall–Kier alpha value is -0.730. The molecule has 0 saturated heterocycles. The average Bonchev–Trinajstić information content (AvgIpc) is 1.97. The molecule has 0 aromatic heterocycles. The van der Waals surface area contributed by atoms with Gasteiger partial charge < -0.3 is 9.80 Å². The number of rotatable bonds is 2. The lowest BCUT2D eigenvalue weighted by Crippen LogP contribution is -2.37. The molecule has 0 fully saturated rings. The fourth-order valence-electron chi connectivity index (χ4n) is 0.940. The number of urea groups is 1. The molecule has 0 aromatic rings. The van der Waals surface area contributed by atoms with Crippen LogP contribution >= 0.6 is 0 Å². The second-order valence-electron chi connectivity index (χ2n) is 4.91. The fraction of sp³-hybridized carbons (Fsp3) is 0.900. The van der Waals surface area contributed by atoms with E-state index < -0.39 is 0 Å². The summed E-state index contributed by atoms with van der Waals surface area (Å²) in [6.07, 6.45) is 1.03. The molecule has 0 aliphatic heterocycles. The molecular formula is C10H22N2O. The molecular weight excluding hydrogens is 164 g/mol. The van der Waals surface area contributed by atoms with Crippen molar-refractivity contribution >= 4 is 6.03 Å². The van der Waals surface area contributed by atoms with E-state index >= 15 is 0 Å². The second-order valence-corrected chi connectivity index (χ2v) is 4.91. The maximum atomic E-state index is 11.4. The molecule has 13 heavy (non-hydrogen) atoms. The highest BCUT2D eigenvalue weighted by atomic mass is 16.2. The molecule has 0 unspecified atom stereocenters. The van der Waals surface area contributed by atoms with E-state index in [0.717, 1.165) is 13.0 Å². The van der Waals surface area contributed by atoms with Crippen molar-refractivity contribution in [2.45, 2.75) is 27.2 Å². The van der Waals surface area contributed by atoms with Gasteiger partial charge in [0.1, 0.15) is 0 Å². The first-order chi connectivity index (χ1) is 5.74. The smallest absolute Gasteiger partial charge is 0.319 e. The summed E-state index contributed by atoms with van der Waals surface area (Å²) in [5, 5.41) is 0. The molecule has 0 saturated carbocycles.